The fourth-order valence-corrected chi connectivity index (χ4v) is 4.59. The first-order valence-corrected chi connectivity index (χ1v) is 9.60. The molecule has 1 aromatic carbocycles. The van der Waals surface area contributed by atoms with Crippen molar-refractivity contribution in [1.82, 2.24) is 14.7 Å². The average molecular weight is 373 g/mol. The summed E-state index contributed by atoms with van der Waals surface area (Å²) in [5.74, 6) is 1.08. The van der Waals surface area contributed by atoms with Gasteiger partial charge in [-0.15, -0.1) is 0 Å². The van der Waals surface area contributed by atoms with E-state index in [1.807, 2.05) is 11.0 Å². The van der Waals surface area contributed by atoms with Crippen LogP contribution in [0.2, 0.25) is 0 Å². The van der Waals surface area contributed by atoms with Gasteiger partial charge >= 0.3 is 0 Å². The molecule has 3 heterocycles. The molecular formula is C20H27N3O4. The normalized spacial score (nSPS) is 25.6. The monoisotopic (exact) mass is 373 g/mol. The highest BCUT2D eigenvalue weighted by molar-refractivity contribution is 5.97. The van der Waals surface area contributed by atoms with E-state index in [1.165, 1.54) is 0 Å². The van der Waals surface area contributed by atoms with Gasteiger partial charge in [-0.1, -0.05) is 6.07 Å². The number of carbonyl (C=O) groups is 2. The van der Waals surface area contributed by atoms with Gasteiger partial charge in [0.2, 0.25) is 11.8 Å². The fraction of sp³-hybridized carbons (Fsp3) is 0.600. The van der Waals surface area contributed by atoms with Crippen molar-refractivity contribution in [1.29, 1.82) is 0 Å². The summed E-state index contributed by atoms with van der Waals surface area (Å²) >= 11 is 0. The Balaban J connectivity index is 1.47. The Labute approximate surface area is 159 Å². The second-order valence-corrected chi connectivity index (χ2v) is 7.55. The van der Waals surface area contributed by atoms with Crippen LogP contribution in [0.5, 0.6) is 5.75 Å². The first kappa shape index (κ1) is 18.3. The molecule has 146 valence electrons. The third-order valence-electron chi connectivity index (χ3n) is 5.90. The molecular weight excluding hydrogens is 346 g/mol. The van der Waals surface area contributed by atoms with E-state index in [0.29, 0.717) is 19.7 Å². The lowest BCUT2D eigenvalue weighted by Gasteiger charge is -2.47. The first-order chi connectivity index (χ1) is 13.1. The van der Waals surface area contributed by atoms with Crippen LogP contribution in [0.15, 0.2) is 18.2 Å². The van der Waals surface area contributed by atoms with Crippen molar-refractivity contribution in [3.8, 4) is 5.75 Å². The van der Waals surface area contributed by atoms with E-state index in [2.05, 4.69) is 17.0 Å². The lowest BCUT2D eigenvalue weighted by Crippen LogP contribution is -2.68. The van der Waals surface area contributed by atoms with E-state index in [0.717, 1.165) is 49.4 Å². The van der Waals surface area contributed by atoms with E-state index >= 15 is 0 Å². The second kappa shape index (κ2) is 7.48. The Morgan fingerprint density at radius 2 is 1.81 bits per heavy atom. The highest BCUT2D eigenvalue weighted by Crippen LogP contribution is 2.29. The minimum atomic E-state index is -0.336. The van der Waals surface area contributed by atoms with Crippen LogP contribution in [0.3, 0.4) is 0 Å². The third-order valence-corrected chi connectivity index (χ3v) is 5.90. The number of benzene rings is 1. The molecule has 7 nitrogen and oxygen atoms in total. The molecule has 3 aliphatic heterocycles. The molecule has 0 saturated carbocycles. The van der Waals surface area contributed by atoms with E-state index in [9.17, 15) is 9.59 Å². The Bertz CT molecular complexity index is 738. The van der Waals surface area contributed by atoms with Gasteiger partial charge < -0.3 is 19.3 Å². The zero-order valence-corrected chi connectivity index (χ0v) is 16.0. The van der Waals surface area contributed by atoms with Crippen LogP contribution in [-0.2, 0) is 27.5 Å². The van der Waals surface area contributed by atoms with Crippen molar-refractivity contribution in [3.05, 3.63) is 29.3 Å². The molecule has 0 radical (unpaired) electrons. The van der Waals surface area contributed by atoms with Crippen molar-refractivity contribution in [2.24, 2.45) is 0 Å². The summed E-state index contributed by atoms with van der Waals surface area (Å²) in [5, 5.41) is 0. The fourth-order valence-electron chi connectivity index (χ4n) is 4.59. The summed E-state index contributed by atoms with van der Waals surface area (Å²) in [6.07, 6.45) is 1.74. The van der Waals surface area contributed by atoms with Crippen LogP contribution >= 0.6 is 0 Å². The zero-order valence-electron chi connectivity index (χ0n) is 16.0. The molecule has 0 spiro atoms. The summed E-state index contributed by atoms with van der Waals surface area (Å²) in [6.45, 7) is 3.97. The number of methoxy groups -OCH3 is 2. The van der Waals surface area contributed by atoms with Crippen molar-refractivity contribution < 1.29 is 19.1 Å². The lowest BCUT2D eigenvalue weighted by molar-refractivity contribution is -0.163. The number of hydrogen-bond acceptors (Lipinski definition) is 5. The molecule has 27 heavy (non-hydrogen) atoms. The Morgan fingerprint density at radius 1 is 1.04 bits per heavy atom. The molecule has 2 atom stereocenters. The Morgan fingerprint density at radius 3 is 2.59 bits per heavy atom. The van der Waals surface area contributed by atoms with Crippen molar-refractivity contribution in [3.63, 3.8) is 0 Å². The van der Waals surface area contributed by atoms with Crippen molar-refractivity contribution in [2.45, 2.75) is 38.1 Å². The van der Waals surface area contributed by atoms with Crippen molar-refractivity contribution >= 4 is 11.8 Å². The van der Waals surface area contributed by atoms with Crippen LogP contribution in [0, 0.1) is 0 Å². The molecule has 3 fully saturated rings. The molecule has 1 aromatic rings. The largest absolute Gasteiger partial charge is 0.496 e. The lowest BCUT2D eigenvalue weighted by atomic mass is 10.0. The highest BCUT2D eigenvalue weighted by atomic mass is 16.5. The Hall–Kier alpha value is -2.12. The number of carbonyl (C=O) groups excluding carboxylic acids is 2. The minimum absolute atomic E-state index is 0.122. The van der Waals surface area contributed by atoms with Crippen LogP contribution in [0.1, 0.15) is 24.0 Å². The van der Waals surface area contributed by atoms with Gasteiger partial charge in [0, 0.05) is 45.4 Å². The van der Waals surface area contributed by atoms with Crippen molar-refractivity contribution in [2.75, 3.05) is 40.4 Å². The van der Waals surface area contributed by atoms with Gasteiger partial charge in [0.15, 0.2) is 0 Å². The number of fused-ring (bicyclic) bond motifs is 2. The van der Waals surface area contributed by atoms with Gasteiger partial charge in [-0.25, -0.2) is 0 Å². The second-order valence-electron chi connectivity index (χ2n) is 7.55. The number of piperazine rings is 2. The number of ether oxygens (including phenoxy) is 2. The molecule has 0 unspecified atom stereocenters. The third kappa shape index (κ3) is 3.30. The van der Waals surface area contributed by atoms with E-state index in [1.54, 1.807) is 19.1 Å². The SMILES string of the molecule is COCc1cc(CN2CCN3C(=O)[C@@H]4CCCN4C(=O)[C@H]3C2)ccc1OC. The molecule has 0 aromatic heterocycles. The Kier molecular flexibility index (Phi) is 5.06. The van der Waals surface area contributed by atoms with Crippen LogP contribution in [-0.4, -0.2) is 79.0 Å². The van der Waals surface area contributed by atoms with Gasteiger partial charge in [0.25, 0.3) is 0 Å². The minimum Gasteiger partial charge on any atom is -0.496 e. The molecule has 0 N–H and O–H groups in total. The average Bonchev–Trinajstić information content (AvgIpc) is 3.17. The van der Waals surface area contributed by atoms with Gasteiger partial charge in [-0.2, -0.15) is 0 Å². The molecule has 0 aliphatic carbocycles. The van der Waals surface area contributed by atoms with E-state index < -0.39 is 0 Å². The first-order valence-electron chi connectivity index (χ1n) is 9.60. The predicted octanol–water partition coefficient (Wildman–Crippen LogP) is 0.859. The predicted molar refractivity (Wildman–Crippen MR) is 99.2 cm³/mol. The summed E-state index contributed by atoms with van der Waals surface area (Å²) < 4.78 is 10.7. The maximum absolute atomic E-state index is 12.9. The van der Waals surface area contributed by atoms with Gasteiger partial charge in [-0.05, 0) is 30.5 Å². The summed E-state index contributed by atoms with van der Waals surface area (Å²) in [4.78, 5) is 31.5. The number of rotatable bonds is 5. The highest BCUT2D eigenvalue weighted by Gasteiger charge is 2.49. The number of nitrogens with zero attached hydrogens (tertiary/aromatic N) is 3. The molecule has 7 heteroatoms. The molecule has 2 amide bonds. The number of hydrogen-bond donors (Lipinski definition) is 0. The molecule has 4 rings (SSSR count). The topological polar surface area (TPSA) is 62.3 Å². The number of amides is 2. The smallest absolute Gasteiger partial charge is 0.247 e. The molecule has 0 bridgehead atoms. The van der Waals surface area contributed by atoms with E-state index in [-0.39, 0.29) is 23.9 Å². The van der Waals surface area contributed by atoms with Gasteiger partial charge in [0.1, 0.15) is 17.8 Å². The van der Waals surface area contributed by atoms with Gasteiger partial charge in [-0.3, -0.25) is 14.5 Å². The van der Waals surface area contributed by atoms with Gasteiger partial charge in [0.05, 0.1) is 13.7 Å². The maximum Gasteiger partial charge on any atom is 0.247 e. The van der Waals surface area contributed by atoms with Crippen LogP contribution in [0.25, 0.3) is 0 Å². The summed E-state index contributed by atoms with van der Waals surface area (Å²) in [5.41, 5.74) is 2.17. The van der Waals surface area contributed by atoms with Crippen LogP contribution < -0.4 is 4.74 Å². The summed E-state index contributed by atoms with van der Waals surface area (Å²) in [7, 11) is 3.33. The maximum atomic E-state index is 12.9. The molecule has 3 saturated heterocycles. The van der Waals surface area contributed by atoms with E-state index in [4.69, 9.17) is 9.47 Å². The van der Waals surface area contributed by atoms with Crippen LogP contribution in [0.4, 0.5) is 0 Å². The zero-order chi connectivity index (χ0) is 19.0. The quantitative estimate of drug-likeness (QED) is 0.766. The molecule has 3 aliphatic rings. The summed E-state index contributed by atoms with van der Waals surface area (Å²) in [6, 6.07) is 5.56. The standard InChI is InChI=1S/C20H27N3O4/c1-26-13-15-10-14(5-6-18(15)27-2)11-21-8-9-23-17(12-21)20(25)22-7-3-4-16(22)19(23)24/h5-6,10,16-17H,3-4,7-9,11-13H2,1-2H3/t16-,17+/m0/s1.